The third-order valence-electron chi connectivity index (χ3n) is 10.5. The summed E-state index contributed by atoms with van der Waals surface area (Å²) >= 11 is 0. The van der Waals surface area contributed by atoms with Crippen LogP contribution in [-0.4, -0.2) is 0 Å². The predicted molar refractivity (Wildman–Crippen MR) is 235 cm³/mol. The first-order valence-electron chi connectivity index (χ1n) is 22.9. The molecule has 0 saturated carbocycles. The van der Waals surface area contributed by atoms with Crippen LogP contribution in [0.15, 0.2) is 224 Å². The fraction of sp³-hybridized carbons (Fsp3) is 0.0182. The van der Waals surface area contributed by atoms with Crippen molar-refractivity contribution in [2.75, 3.05) is 4.90 Å². The van der Waals surface area contributed by atoms with Crippen LogP contribution >= 0.6 is 0 Å². The minimum Gasteiger partial charge on any atom is -0.310 e. The molecule has 0 radical (unpaired) electrons. The molecule has 1 heteroatoms. The lowest BCUT2D eigenvalue weighted by atomic mass is 9.72. The molecule has 0 N–H and O–H groups in total. The molecule has 0 fully saturated rings. The Bertz CT molecular complexity index is 3380. The third kappa shape index (κ3) is 5.86. The fourth-order valence-electron chi connectivity index (χ4n) is 7.80. The Balaban J connectivity index is 1.23. The van der Waals surface area contributed by atoms with E-state index in [1.54, 1.807) is 4.90 Å². The summed E-state index contributed by atoms with van der Waals surface area (Å²) in [6, 6.07) is 51.1. The second-order valence-corrected chi connectivity index (χ2v) is 13.7. The molecule has 0 amide bonds. The summed E-state index contributed by atoms with van der Waals surface area (Å²) in [5, 5.41) is 2.21. The first kappa shape index (κ1) is 24.8. The van der Waals surface area contributed by atoms with Gasteiger partial charge in [-0.1, -0.05) is 182 Å². The van der Waals surface area contributed by atoms with Crippen molar-refractivity contribution in [3.63, 3.8) is 0 Å². The maximum Gasteiger partial charge on any atom is 0.108 e. The summed E-state index contributed by atoms with van der Waals surface area (Å²) in [5.41, 5.74) is 6.82. The van der Waals surface area contributed by atoms with Crippen LogP contribution in [0.5, 0.6) is 0 Å². The van der Waals surface area contributed by atoms with Crippen LogP contribution in [0, 0.1) is 11.8 Å². The van der Waals surface area contributed by atoms with Gasteiger partial charge in [-0.2, -0.15) is 0 Å². The first-order chi connectivity index (χ1) is 31.5. The summed E-state index contributed by atoms with van der Waals surface area (Å²) in [6.07, 6.45) is 0. The maximum absolute atomic E-state index is 9.62. The van der Waals surface area contributed by atoms with Crippen LogP contribution in [0.2, 0.25) is 0 Å². The molecule has 262 valence electrons. The van der Waals surface area contributed by atoms with Gasteiger partial charge < -0.3 is 4.90 Å². The van der Waals surface area contributed by atoms with Crippen molar-refractivity contribution in [2.45, 2.75) is 5.41 Å². The molecule has 10 rings (SSSR count). The number of fused-ring (bicyclic) bond motifs is 4. The molecule has 0 spiro atoms. The highest BCUT2D eigenvalue weighted by atomic mass is 15.1. The maximum atomic E-state index is 9.62. The molecule has 1 nitrogen and oxygen atoms in total. The molecule has 0 bridgehead atoms. The van der Waals surface area contributed by atoms with E-state index >= 15 is 0 Å². The van der Waals surface area contributed by atoms with E-state index in [0.29, 0.717) is 11.4 Å². The fourth-order valence-corrected chi connectivity index (χ4v) is 7.80. The van der Waals surface area contributed by atoms with Crippen molar-refractivity contribution in [2.24, 2.45) is 0 Å². The minimum absolute atomic E-state index is 0.0780. The van der Waals surface area contributed by atoms with Gasteiger partial charge in [0.2, 0.25) is 0 Å². The lowest BCUT2D eigenvalue weighted by Crippen LogP contribution is -2.25. The lowest BCUT2D eigenvalue weighted by molar-refractivity contribution is 0.837. The topological polar surface area (TPSA) is 3.24 Å². The molecule has 56 heavy (non-hydrogen) atoms. The molecule has 1 atom stereocenters. The molecule has 1 aliphatic carbocycles. The Morgan fingerprint density at radius 1 is 0.411 bits per heavy atom. The molecule has 9 aromatic rings. The highest BCUT2D eigenvalue weighted by Gasteiger charge is 2.44. The first-order valence-corrected chi connectivity index (χ1v) is 18.4. The van der Waals surface area contributed by atoms with Crippen LogP contribution in [-0.2, 0) is 5.41 Å². The normalized spacial score (nSPS) is 16.2. The van der Waals surface area contributed by atoms with E-state index in [1.165, 1.54) is 0 Å². The van der Waals surface area contributed by atoms with Crippen molar-refractivity contribution < 1.29 is 12.3 Å². The van der Waals surface area contributed by atoms with E-state index in [9.17, 15) is 5.48 Å². The van der Waals surface area contributed by atoms with Gasteiger partial charge in [-0.25, -0.2) is 0 Å². The Hall–Kier alpha value is -7.40. The van der Waals surface area contributed by atoms with E-state index in [0.717, 1.165) is 55.3 Å². The molecule has 0 aromatic heterocycles. The SMILES string of the molecule is [2H]c1c([2H])c([2H])c(-c2c([2H])c([2H])c(N(c3ccc(-c4ccc5ccccc5c4)cc3)c3ccc4c(c3)C(C#Cc3ccccc3)(c3ccccc3)c3ccccc3-4)c([2H])c2[2H])c([2H])c1[2H]. The Labute approximate surface area is 341 Å². The zero-order valence-corrected chi connectivity index (χ0v) is 30.1. The number of rotatable bonds is 6. The smallest absolute Gasteiger partial charge is 0.108 e. The van der Waals surface area contributed by atoms with Crippen LogP contribution in [0.25, 0.3) is 44.2 Å². The summed E-state index contributed by atoms with van der Waals surface area (Å²) in [5.74, 6) is 7.22. The quantitative estimate of drug-likeness (QED) is 0.155. The minimum atomic E-state index is -0.968. The Morgan fingerprint density at radius 2 is 1.04 bits per heavy atom. The van der Waals surface area contributed by atoms with Gasteiger partial charge >= 0.3 is 0 Å². The molecule has 0 saturated heterocycles. The molecular formula is C55H37N. The lowest BCUT2D eigenvalue weighted by Gasteiger charge is -2.30. The molecule has 1 aliphatic rings. The number of hydrogen-bond acceptors (Lipinski definition) is 1. The van der Waals surface area contributed by atoms with Gasteiger partial charge in [0.05, 0.1) is 12.3 Å². The van der Waals surface area contributed by atoms with E-state index in [1.807, 2.05) is 115 Å². The van der Waals surface area contributed by atoms with Crippen molar-refractivity contribution >= 4 is 27.8 Å². The van der Waals surface area contributed by atoms with Crippen LogP contribution < -0.4 is 4.90 Å². The van der Waals surface area contributed by atoms with Gasteiger partial charge in [0.1, 0.15) is 5.41 Å². The zero-order chi connectivity index (χ0) is 45.1. The second-order valence-electron chi connectivity index (χ2n) is 13.7. The third-order valence-corrected chi connectivity index (χ3v) is 10.5. The summed E-state index contributed by atoms with van der Waals surface area (Å²) < 4.78 is 80.2. The summed E-state index contributed by atoms with van der Waals surface area (Å²) in [4.78, 5) is 1.71. The Kier molecular flexibility index (Phi) is 6.25. The second kappa shape index (κ2) is 14.1. The zero-order valence-electron chi connectivity index (χ0n) is 39.1. The highest BCUT2D eigenvalue weighted by molar-refractivity contribution is 5.91. The van der Waals surface area contributed by atoms with Gasteiger partial charge in [-0.05, 0) is 115 Å². The number of benzene rings is 9. The summed E-state index contributed by atoms with van der Waals surface area (Å²) in [6.45, 7) is 0. The molecule has 0 heterocycles. The molecule has 9 aromatic carbocycles. The number of hydrogen-bond donors (Lipinski definition) is 0. The van der Waals surface area contributed by atoms with Gasteiger partial charge in [-0.15, -0.1) is 0 Å². The largest absolute Gasteiger partial charge is 0.310 e. The molecule has 0 aliphatic heterocycles. The molecular weight excluding hydrogens is 675 g/mol. The van der Waals surface area contributed by atoms with Crippen molar-refractivity contribution in [3.05, 3.63) is 246 Å². The van der Waals surface area contributed by atoms with Crippen LogP contribution in [0.3, 0.4) is 0 Å². The average molecular weight is 721 g/mol. The molecule has 1 unspecified atom stereocenters. The van der Waals surface area contributed by atoms with Gasteiger partial charge in [0, 0.05) is 22.6 Å². The van der Waals surface area contributed by atoms with Crippen LogP contribution in [0.1, 0.15) is 34.6 Å². The number of anilines is 3. The van der Waals surface area contributed by atoms with E-state index < -0.39 is 65.4 Å². The van der Waals surface area contributed by atoms with Crippen LogP contribution in [0.4, 0.5) is 17.1 Å². The van der Waals surface area contributed by atoms with Gasteiger partial charge in [0.15, 0.2) is 0 Å². The van der Waals surface area contributed by atoms with E-state index in [2.05, 4.69) is 66.4 Å². The van der Waals surface area contributed by atoms with Crippen molar-refractivity contribution in [3.8, 4) is 45.2 Å². The van der Waals surface area contributed by atoms with E-state index in [4.69, 9.17) is 6.85 Å². The van der Waals surface area contributed by atoms with Crippen molar-refractivity contribution in [1.29, 1.82) is 0 Å². The summed E-state index contributed by atoms with van der Waals surface area (Å²) in [7, 11) is 0. The predicted octanol–water partition coefficient (Wildman–Crippen LogP) is 14.0. The van der Waals surface area contributed by atoms with Crippen molar-refractivity contribution in [1.82, 2.24) is 0 Å². The average Bonchev–Trinajstić information content (AvgIpc) is 3.63. The Morgan fingerprint density at radius 3 is 1.82 bits per heavy atom. The number of nitrogens with zero attached hydrogens (tertiary/aromatic N) is 1. The monoisotopic (exact) mass is 720 g/mol. The van der Waals surface area contributed by atoms with E-state index in [-0.39, 0.29) is 11.3 Å². The van der Waals surface area contributed by atoms with Gasteiger partial charge in [-0.3, -0.25) is 0 Å². The van der Waals surface area contributed by atoms with Gasteiger partial charge in [0.25, 0.3) is 0 Å². The standard InChI is InChI=1S/C55H37N/c1-4-14-40(15-5-1)36-37-55(47-20-8-3-9-21-47)53-23-13-12-22-51(53)52-35-34-50(39-54(52)55)56(48-30-26-43(27-31-48)41-16-6-2-7-17-41)49-32-28-44(29-33-49)46-25-24-42-18-10-11-19-45(42)38-46/h1-35,38-39H/i2D,6D,7D,16D,17D,26D,27D,30D,31D. The highest BCUT2D eigenvalue weighted by Crippen LogP contribution is 2.54.